The lowest BCUT2D eigenvalue weighted by molar-refractivity contribution is -0.278. The number of carbonyl (C=O) groups excluding carboxylic acids is 2. The number of aliphatic hydroxyl groups is 3. The Kier molecular flexibility index (Phi) is 13.5. The lowest BCUT2D eigenvalue weighted by Gasteiger charge is -2.40. The molecule has 2 aromatic carbocycles. The second kappa shape index (κ2) is 17.5. The molecule has 0 amide bonds. The molecule has 272 valence electrons. The molecule has 1 fully saturated rings. The van der Waals surface area contributed by atoms with Crippen molar-refractivity contribution in [1.29, 1.82) is 0 Å². The smallest absolute Gasteiger partial charge is 0.309 e. The van der Waals surface area contributed by atoms with Crippen LogP contribution in [0.3, 0.4) is 0 Å². The van der Waals surface area contributed by atoms with Crippen LogP contribution in [0.2, 0.25) is 0 Å². The number of hydrogen-bond acceptors (Lipinski definition) is 12. The molecule has 12 nitrogen and oxygen atoms in total. The van der Waals surface area contributed by atoms with Gasteiger partial charge in [-0.15, -0.1) is 0 Å². The van der Waals surface area contributed by atoms with Gasteiger partial charge in [-0.2, -0.15) is 0 Å². The number of aliphatic hydroxyl groups excluding tert-OH is 3. The van der Waals surface area contributed by atoms with E-state index in [1.165, 1.54) is 25.9 Å². The Morgan fingerprint density at radius 2 is 1.66 bits per heavy atom. The number of ketones is 1. The van der Waals surface area contributed by atoms with Crippen molar-refractivity contribution in [3.63, 3.8) is 0 Å². The van der Waals surface area contributed by atoms with E-state index in [1.54, 1.807) is 18.2 Å². The van der Waals surface area contributed by atoms with Gasteiger partial charge in [0.05, 0.1) is 27.1 Å². The lowest BCUT2D eigenvalue weighted by Crippen LogP contribution is -2.60. The van der Waals surface area contributed by atoms with Crippen LogP contribution in [0.4, 0.5) is 0 Å². The summed E-state index contributed by atoms with van der Waals surface area (Å²) in [5.41, 5.74) is 3.83. The van der Waals surface area contributed by atoms with Gasteiger partial charge in [-0.1, -0.05) is 41.5 Å². The topological polar surface area (TPSA) is 170 Å². The Labute approximate surface area is 292 Å². The number of fused-ring (bicyclic) bond motifs is 1. The van der Waals surface area contributed by atoms with Crippen LogP contribution in [-0.4, -0.2) is 83.7 Å². The van der Waals surface area contributed by atoms with E-state index >= 15 is 0 Å². The third-order valence-corrected chi connectivity index (χ3v) is 8.55. The molecular formula is C38H48O12. The monoisotopic (exact) mass is 696 g/mol. The third kappa shape index (κ3) is 9.87. The zero-order chi connectivity index (χ0) is 36.5. The van der Waals surface area contributed by atoms with Crippen molar-refractivity contribution >= 4 is 11.8 Å². The van der Waals surface area contributed by atoms with Crippen molar-refractivity contribution in [2.24, 2.45) is 0 Å². The number of rotatable bonds is 15. The predicted molar refractivity (Wildman–Crippen MR) is 184 cm³/mol. The molecule has 6 atom stereocenters. The number of phenols is 1. The average Bonchev–Trinajstić information content (AvgIpc) is 3.07. The fourth-order valence-corrected chi connectivity index (χ4v) is 5.75. The van der Waals surface area contributed by atoms with Crippen LogP contribution < -0.4 is 18.9 Å². The number of phenolic OH excluding ortho intramolecular Hbond substituents is 1. The van der Waals surface area contributed by atoms with Gasteiger partial charge in [0.2, 0.25) is 6.29 Å². The van der Waals surface area contributed by atoms with Crippen LogP contribution in [-0.2, 0) is 14.3 Å². The van der Waals surface area contributed by atoms with Gasteiger partial charge in [-0.3, -0.25) is 9.59 Å². The fraction of sp³-hybridized carbons (Fsp3) is 0.474. The Hall–Kier alpha value is -4.36. The van der Waals surface area contributed by atoms with E-state index in [0.717, 1.165) is 42.9 Å². The fourth-order valence-electron chi connectivity index (χ4n) is 5.75. The van der Waals surface area contributed by atoms with Crippen LogP contribution >= 0.6 is 0 Å². The van der Waals surface area contributed by atoms with E-state index in [-0.39, 0.29) is 35.7 Å². The molecule has 2 aromatic rings. The first kappa shape index (κ1) is 38.4. The molecule has 6 unspecified atom stereocenters. The summed E-state index contributed by atoms with van der Waals surface area (Å²) in [5.74, 6) is -0.401. The van der Waals surface area contributed by atoms with Gasteiger partial charge in [0.25, 0.3) is 0 Å². The predicted octanol–water partition coefficient (Wildman–Crippen LogP) is 5.26. The van der Waals surface area contributed by atoms with Crippen LogP contribution in [0.15, 0.2) is 65.8 Å². The van der Waals surface area contributed by atoms with Crippen LogP contribution in [0.5, 0.6) is 28.7 Å². The van der Waals surface area contributed by atoms with Gasteiger partial charge in [0, 0.05) is 12.1 Å². The molecule has 4 rings (SSSR count). The van der Waals surface area contributed by atoms with Gasteiger partial charge >= 0.3 is 5.97 Å². The summed E-state index contributed by atoms with van der Waals surface area (Å²) < 4.78 is 33.6. The number of allylic oxidation sites excluding steroid dienone is 4. The first-order valence-electron chi connectivity index (χ1n) is 16.6. The maximum atomic E-state index is 13.1. The number of hydrogen-bond donors (Lipinski definition) is 4. The Morgan fingerprint density at radius 1 is 0.960 bits per heavy atom. The summed E-state index contributed by atoms with van der Waals surface area (Å²) in [6.07, 6.45) is -0.958. The number of esters is 1. The molecule has 12 heteroatoms. The second-order valence-corrected chi connectivity index (χ2v) is 12.8. The SMILES string of the molecule is C=C(CCC=C(C)C)CCC=C(C)CC(=O)OCC1OC(Oc2cc(O)c3c(c2)OC(c2ccc(OC)c(OC)c2)CC3=O)C(O)C(O)C1O. The summed E-state index contributed by atoms with van der Waals surface area (Å²) >= 11 is 0. The molecule has 0 spiro atoms. The van der Waals surface area contributed by atoms with E-state index in [0.29, 0.717) is 17.1 Å². The van der Waals surface area contributed by atoms with Gasteiger partial charge in [-0.25, -0.2) is 0 Å². The van der Waals surface area contributed by atoms with E-state index in [1.807, 2.05) is 13.0 Å². The van der Waals surface area contributed by atoms with E-state index in [4.69, 9.17) is 28.4 Å². The van der Waals surface area contributed by atoms with Crippen LogP contribution in [0, 0.1) is 0 Å². The minimum atomic E-state index is -1.71. The van der Waals surface area contributed by atoms with Crippen molar-refractivity contribution in [2.45, 2.75) is 96.1 Å². The first-order valence-corrected chi connectivity index (χ1v) is 16.6. The number of methoxy groups -OCH3 is 2. The molecule has 2 heterocycles. The van der Waals surface area contributed by atoms with E-state index in [2.05, 4.69) is 26.5 Å². The highest BCUT2D eigenvalue weighted by atomic mass is 16.7. The largest absolute Gasteiger partial charge is 0.507 e. The van der Waals surface area contributed by atoms with Crippen LogP contribution in [0.25, 0.3) is 0 Å². The Morgan fingerprint density at radius 3 is 2.34 bits per heavy atom. The number of Topliss-reactive ketones (excluding diaryl/α,β-unsaturated/α-hetero) is 1. The van der Waals surface area contributed by atoms with Crippen molar-refractivity contribution in [2.75, 3.05) is 20.8 Å². The molecule has 0 radical (unpaired) electrons. The number of benzene rings is 2. The Bertz CT molecular complexity index is 1590. The van der Waals surface area contributed by atoms with Crippen molar-refractivity contribution in [1.82, 2.24) is 0 Å². The summed E-state index contributed by atoms with van der Waals surface area (Å²) in [6, 6.07) is 7.64. The highest BCUT2D eigenvalue weighted by Crippen LogP contribution is 2.43. The average molecular weight is 697 g/mol. The highest BCUT2D eigenvalue weighted by Gasteiger charge is 2.46. The quantitative estimate of drug-likeness (QED) is 0.141. The van der Waals surface area contributed by atoms with E-state index in [9.17, 15) is 30.0 Å². The van der Waals surface area contributed by atoms with Crippen molar-refractivity contribution in [3.05, 3.63) is 76.9 Å². The normalized spacial score (nSPS) is 23.3. The van der Waals surface area contributed by atoms with Gasteiger partial charge in [0.15, 0.2) is 17.3 Å². The maximum Gasteiger partial charge on any atom is 0.309 e. The van der Waals surface area contributed by atoms with E-state index < -0.39 is 55.1 Å². The minimum Gasteiger partial charge on any atom is -0.507 e. The molecule has 0 bridgehead atoms. The van der Waals surface area contributed by atoms with Gasteiger partial charge in [0.1, 0.15) is 59.9 Å². The molecule has 50 heavy (non-hydrogen) atoms. The molecule has 2 aliphatic heterocycles. The van der Waals surface area contributed by atoms with Crippen LogP contribution in [0.1, 0.15) is 81.3 Å². The van der Waals surface area contributed by atoms with Crippen molar-refractivity contribution < 1.29 is 58.4 Å². The number of carbonyl (C=O) groups is 2. The van der Waals surface area contributed by atoms with Gasteiger partial charge < -0.3 is 48.8 Å². The summed E-state index contributed by atoms with van der Waals surface area (Å²) in [7, 11) is 3.00. The standard InChI is InChI=1S/C38H48O12/c1-21(2)9-7-10-22(3)11-8-12-23(4)15-33(41)47-20-32-35(42)36(43)37(44)38(50-32)48-25-17-26(39)34-27(40)19-29(49-31(34)18-25)24-13-14-28(45-5)30(16-24)46-6/h9,12-14,16-18,29,32,35-39,42-44H,3,7-8,10-11,15,19-20H2,1-2,4-6H3. The summed E-state index contributed by atoms with van der Waals surface area (Å²) in [5, 5.41) is 42.5. The molecule has 2 aliphatic rings. The molecule has 4 N–H and O–H groups in total. The number of ether oxygens (including phenoxy) is 6. The third-order valence-electron chi connectivity index (χ3n) is 8.55. The molecule has 0 aliphatic carbocycles. The molecular weight excluding hydrogens is 648 g/mol. The number of aromatic hydroxyl groups is 1. The highest BCUT2D eigenvalue weighted by molar-refractivity contribution is 6.02. The summed E-state index contributed by atoms with van der Waals surface area (Å²) in [4.78, 5) is 25.6. The summed E-state index contributed by atoms with van der Waals surface area (Å²) in [6.45, 7) is 9.65. The van der Waals surface area contributed by atoms with Crippen molar-refractivity contribution in [3.8, 4) is 28.7 Å². The molecule has 0 saturated carbocycles. The zero-order valence-corrected chi connectivity index (χ0v) is 29.2. The minimum absolute atomic E-state index is 0.0234. The maximum absolute atomic E-state index is 13.1. The second-order valence-electron chi connectivity index (χ2n) is 12.8. The molecule has 1 saturated heterocycles. The molecule has 0 aromatic heterocycles. The zero-order valence-electron chi connectivity index (χ0n) is 29.2. The first-order chi connectivity index (χ1) is 23.8. The lowest BCUT2D eigenvalue weighted by atomic mass is 9.95. The Balaban J connectivity index is 1.36. The van der Waals surface area contributed by atoms with Gasteiger partial charge in [-0.05, 0) is 64.2 Å².